The van der Waals surface area contributed by atoms with Crippen LogP contribution >= 0.6 is 0 Å². The third-order valence-electron chi connectivity index (χ3n) is 9.41. The molecule has 2 heteroatoms. The molecule has 0 unspecified atom stereocenters. The lowest BCUT2D eigenvalue weighted by molar-refractivity contribution is 0.0739. The van der Waals surface area contributed by atoms with Crippen LogP contribution in [0.25, 0.3) is 21.5 Å². The van der Waals surface area contributed by atoms with Crippen LogP contribution in [0.1, 0.15) is 66.8 Å². The van der Waals surface area contributed by atoms with Gasteiger partial charge >= 0.3 is 0 Å². The highest BCUT2D eigenvalue weighted by Gasteiger charge is 2.53. The van der Waals surface area contributed by atoms with Gasteiger partial charge in [-0.3, -0.25) is 0 Å². The van der Waals surface area contributed by atoms with Crippen molar-refractivity contribution in [3.8, 4) is 0 Å². The van der Waals surface area contributed by atoms with Crippen LogP contribution in [0.4, 0.5) is 0 Å². The summed E-state index contributed by atoms with van der Waals surface area (Å²) in [5.41, 5.74) is 8.11. The summed E-state index contributed by atoms with van der Waals surface area (Å²) < 4.78 is 0. The van der Waals surface area contributed by atoms with E-state index >= 15 is 0 Å². The molecule has 7 rings (SSSR count). The third kappa shape index (κ3) is 3.59. The summed E-state index contributed by atoms with van der Waals surface area (Å²) in [5, 5.41) is 31.1. The molecule has 0 fully saturated rings. The van der Waals surface area contributed by atoms with E-state index in [1.807, 2.05) is 24.3 Å². The van der Waals surface area contributed by atoms with Crippen molar-refractivity contribution in [2.24, 2.45) is 0 Å². The van der Waals surface area contributed by atoms with Gasteiger partial charge in [0.2, 0.25) is 0 Å². The number of aliphatic hydroxyl groups is 2. The normalized spacial score (nSPS) is 19.6. The lowest BCUT2D eigenvalue weighted by Crippen LogP contribution is -2.45. The van der Waals surface area contributed by atoms with Gasteiger partial charge in [0.05, 0.1) is 0 Å². The summed E-state index contributed by atoms with van der Waals surface area (Å²) >= 11 is 0. The minimum Gasteiger partial charge on any atom is -0.376 e. The Bertz CT molecular complexity index is 1800. The lowest BCUT2D eigenvalue weighted by atomic mass is 9.60. The van der Waals surface area contributed by atoms with Crippen molar-refractivity contribution in [1.29, 1.82) is 0 Å². The maximum absolute atomic E-state index is 13.5. The Labute approximate surface area is 247 Å². The molecule has 0 aliphatic heterocycles. The monoisotopic (exact) mass is 548 g/mol. The molecular formula is C40H36O2. The summed E-state index contributed by atoms with van der Waals surface area (Å²) in [4.78, 5) is 0. The lowest BCUT2D eigenvalue weighted by Gasteiger charge is -2.47. The second kappa shape index (κ2) is 9.13. The molecule has 42 heavy (non-hydrogen) atoms. The summed E-state index contributed by atoms with van der Waals surface area (Å²) in [5.74, 6) is 0. The average molecular weight is 549 g/mol. The van der Waals surface area contributed by atoms with Crippen LogP contribution in [0.5, 0.6) is 0 Å². The molecule has 0 spiro atoms. The second-order valence-electron chi connectivity index (χ2n) is 12.5. The van der Waals surface area contributed by atoms with Crippen molar-refractivity contribution in [2.75, 3.05) is 0 Å². The Morgan fingerprint density at radius 2 is 0.619 bits per heavy atom. The zero-order chi connectivity index (χ0) is 29.6. The molecule has 1 aliphatic carbocycles. The van der Waals surface area contributed by atoms with E-state index in [1.165, 1.54) is 0 Å². The second-order valence-corrected chi connectivity index (χ2v) is 12.5. The quantitative estimate of drug-likeness (QED) is 0.227. The number of hydrogen-bond acceptors (Lipinski definition) is 2. The Balaban J connectivity index is 1.74. The van der Waals surface area contributed by atoms with Crippen molar-refractivity contribution < 1.29 is 10.2 Å². The van der Waals surface area contributed by atoms with Crippen LogP contribution in [-0.2, 0) is 11.2 Å². The summed E-state index contributed by atoms with van der Waals surface area (Å²) in [6, 6.07) is 33.5. The fourth-order valence-electron chi connectivity index (χ4n) is 8.01. The zero-order valence-electron chi connectivity index (χ0n) is 25.1. The van der Waals surface area contributed by atoms with Crippen molar-refractivity contribution in [3.05, 3.63) is 164 Å². The van der Waals surface area contributed by atoms with Crippen LogP contribution in [0.3, 0.4) is 0 Å². The molecule has 0 saturated carbocycles. The van der Waals surface area contributed by atoms with Crippen LogP contribution < -0.4 is 0 Å². The van der Waals surface area contributed by atoms with E-state index in [0.29, 0.717) is 0 Å². The Morgan fingerprint density at radius 1 is 0.381 bits per heavy atom. The summed E-state index contributed by atoms with van der Waals surface area (Å²) in [6.07, 6.45) is 0. The van der Waals surface area contributed by atoms with Gasteiger partial charge in [0, 0.05) is 22.3 Å². The van der Waals surface area contributed by atoms with Crippen molar-refractivity contribution in [2.45, 2.75) is 52.7 Å². The fourth-order valence-corrected chi connectivity index (χ4v) is 8.01. The van der Waals surface area contributed by atoms with Crippen molar-refractivity contribution in [1.82, 2.24) is 0 Å². The molecule has 6 aromatic carbocycles. The molecule has 0 radical (unpaired) electrons. The SMILES string of the molecule is Cc1cc(C)c(C2(O)c3cc4ccccc4cc3C(O)(c3c(C)cc(C)cc3C)c3cc4ccccc4cc32)c(C)c1. The first-order valence-electron chi connectivity index (χ1n) is 14.7. The van der Waals surface area contributed by atoms with E-state index in [9.17, 15) is 10.2 Å². The van der Waals surface area contributed by atoms with Gasteiger partial charge in [-0.1, -0.05) is 83.9 Å². The van der Waals surface area contributed by atoms with E-state index in [2.05, 4.69) is 114 Å². The van der Waals surface area contributed by atoms with Gasteiger partial charge in [0.25, 0.3) is 0 Å². The number of fused-ring (bicyclic) bond motifs is 4. The van der Waals surface area contributed by atoms with Crippen molar-refractivity contribution >= 4 is 21.5 Å². The van der Waals surface area contributed by atoms with Gasteiger partial charge in [0.1, 0.15) is 11.2 Å². The minimum atomic E-state index is -1.49. The molecule has 0 bridgehead atoms. The van der Waals surface area contributed by atoms with E-state index in [4.69, 9.17) is 0 Å². The predicted molar refractivity (Wildman–Crippen MR) is 173 cm³/mol. The first-order valence-corrected chi connectivity index (χ1v) is 14.7. The number of rotatable bonds is 2. The van der Waals surface area contributed by atoms with E-state index < -0.39 is 11.2 Å². The third-order valence-corrected chi connectivity index (χ3v) is 9.41. The molecule has 2 nitrogen and oxygen atoms in total. The summed E-state index contributed by atoms with van der Waals surface area (Å²) in [7, 11) is 0. The highest BCUT2D eigenvalue weighted by atomic mass is 16.3. The van der Waals surface area contributed by atoms with Gasteiger partial charge in [0.15, 0.2) is 0 Å². The van der Waals surface area contributed by atoms with Gasteiger partial charge in [-0.15, -0.1) is 0 Å². The highest BCUT2D eigenvalue weighted by Crippen LogP contribution is 2.56. The van der Waals surface area contributed by atoms with Crippen LogP contribution in [0.15, 0.2) is 97.1 Å². The average Bonchev–Trinajstić information content (AvgIpc) is 2.94. The summed E-state index contributed by atoms with van der Waals surface area (Å²) in [6.45, 7) is 12.5. The molecule has 0 heterocycles. The molecule has 0 aromatic heterocycles. The Morgan fingerprint density at radius 3 is 0.857 bits per heavy atom. The maximum Gasteiger partial charge on any atom is 0.141 e. The first-order chi connectivity index (χ1) is 20.0. The van der Waals surface area contributed by atoms with Crippen LogP contribution in [-0.4, -0.2) is 10.2 Å². The van der Waals surface area contributed by atoms with E-state index in [-0.39, 0.29) is 0 Å². The van der Waals surface area contributed by atoms with E-state index in [0.717, 1.165) is 88.3 Å². The zero-order valence-corrected chi connectivity index (χ0v) is 25.1. The predicted octanol–water partition coefficient (Wildman–Crippen LogP) is 8.73. The molecule has 0 amide bonds. The van der Waals surface area contributed by atoms with Crippen molar-refractivity contribution in [3.63, 3.8) is 0 Å². The molecule has 2 N–H and O–H groups in total. The van der Waals surface area contributed by atoms with Gasteiger partial charge in [-0.05, 0) is 121 Å². The standard InChI is InChI=1S/C40H36O2/c1-23-15-25(3)37(26(4)16-23)39(41)33-19-29-11-7-9-13-31(29)21-35(33)40(42,38-27(5)17-24(2)18-28(38)6)36-22-32-14-10-8-12-30(32)20-34(36)39/h7-22,41-42H,1-6H3. The van der Waals surface area contributed by atoms with Gasteiger partial charge in [-0.2, -0.15) is 0 Å². The molecular weight excluding hydrogens is 512 g/mol. The molecule has 0 saturated heterocycles. The van der Waals surface area contributed by atoms with E-state index in [1.54, 1.807) is 0 Å². The Kier molecular flexibility index (Phi) is 5.79. The van der Waals surface area contributed by atoms with Crippen LogP contribution in [0, 0.1) is 41.5 Å². The molecule has 1 aliphatic rings. The molecule has 0 atom stereocenters. The smallest absolute Gasteiger partial charge is 0.141 e. The first kappa shape index (κ1) is 26.6. The van der Waals surface area contributed by atoms with Gasteiger partial charge < -0.3 is 10.2 Å². The number of hydrogen-bond donors (Lipinski definition) is 2. The maximum atomic E-state index is 13.5. The molecule has 208 valence electrons. The molecule has 6 aromatic rings. The minimum absolute atomic E-state index is 0.723. The largest absolute Gasteiger partial charge is 0.376 e. The Hall–Kier alpha value is -4.24. The highest BCUT2D eigenvalue weighted by molar-refractivity contribution is 5.90. The van der Waals surface area contributed by atoms with Gasteiger partial charge in [-0.25, -0.2) is 0 Å². The number of benzene rings is 6. The number of aryl methyl sites for hydroxylation is 6. The van der Waals surface area contributed by atoms with Crippen LogP contribution in [0.2, 0.25) is 0 Å². The fraction of sp³-hybridized carbons (Fsp3) is 0.200. The topological polar surface area (TPSA) is 40.5 Å².